The number of nitrogens with zero attached hydrogens (tertiary/aromatic N) is 2. The number of benzene rings is 2. The number of esters is 2. The number of carboxylic acid groups (broad SMARTS) is 1. The van der Waals surface area contributed by atoms with Crippen LogP contribution in [0.3, 0.4) is 0 Å². The number of carboxylic acids is 1. The molecule has 3 rings (SSSR count). The Morgan fingerprint density at radius 2 is 1.68 bits per heavy atom. The molecule has 1 unspecified atom stereocenters. The highest BCUT2D eigenvalue weighted by Gasteiger charge is 2.31. The van der Waals surface area contributed by atoms with Crippen LogP contribution in [-0.4, -0.2) is 59.7 Å². The summed E-state index contributed by atoms with van der Waals surface area (Å²) < 4.78 is 22.3. The van der Waals surface area contributed by atoms with Crippen molar-refractivity contribution in [1.82, 2.24) is 9.78 Å². The Bertz CT molecular complexity index is 1200. The molecule has 178 valence electrons. The first-order chi connectivity index (χ1) is 16.3. The average Bonchev–Trinajstić information content (AvgIpc) is 3.25. The number of para-hydroxylation sites is 1. The molecule has 1 heterocycles. The quantitative estimate of drug-likeness (QED) is 0.470. The van der Waals surface area contributed by atoms with E-state index < -0.39 is 24.0 Å². The number of carbonyl (C=O) groups is 3. The van der Waals surface area contributed by atoms with Gasteiger partial charge in [-0.2, -0.15) is 5.10 Å². The SMILES string of the molecule is CCOc1cc(-c2nn(-c3ccccc3)c(C(=O)OC)c2C(=O)OC)ccc1OC(C)C(=O)O. The normalized spacial score (nSPS) is 11.4. The molecule has 3 aromatic rings. The summed E-state index contributed by atoms with van der Waals surface area (Å²) in [6.45, 7) is 3.43. The smallest absolute Gasteiger partial charge is 0.357 e. The molecule has 34 heavy (non-hydrogen) atoms. The van der Waals surface area contributed by atoms with E-state index in [1.807, 2.05) is 0 Å². The maximum atomic E-state index is 12.8. The van der Waals surface area contributed by atoms with E-state index in [4.69, 9.17) is 24.1 Å². The van der Waals surface area contributed by atoms with Gasteiger partial charge in [-0.25, -0.2) is 19.1 Å². The zero-order chi connectivity index (χ0) is 24.8. The molecule has 0 spiro atoms. The van der Waals surface area contributed by atoms with Crippen molar-refractivity contribution in [2.24, 2.45) is 0 Å². The fourth-order valence-corrected chi connectivity index (χ4v) is 3.22. The number of ether oxygens (including phenoxy) is 4. The molecular formula is C24H24N2O8. The first-order valence-electron chi connectivity index (χ1n) is 10.3. The van der Waals surface area contributed by atoms with Gasteiger partial charge < -0.3 is 24.1 Å². The maximum Gasteiger partial charge on any atom is 0.357 e. The average molecular weight is 468 g/mol. The van der Waals surface area contributed by atoms with Crippen LogP contribution in [0.15, 0.2) is 48.5 Å². The van der Waals surface area contributed by atoms with Gasteiger partial charge in [0.15, 0.2) is 23.3 Å². The van der Waals surface area contributed by atoms with Gasteiger partial charge >= 0.3 is 17.9 Å². The van der Waals surface area contributed by atoms with Gasteiger partial charge in [-0.3, -0.25) is 0 Å². The van der Waals surface area contributed by atoms with Crippen LogP contribution in [0.5, 0.6) is 11.5 Å². The van der Waals surface area contributed by atoms with Crippen molar-refractivity contribution in [3.63, 3.8) is 0 Å². The highest BCUT2D eigenvalue weighted by Crippen LogP contribution is 2.36. The molecule has 0 bridgehead atoms. The number of rotatable bonds is 9. The van der Waals surface area contributed by atoms with Gasteiger partial charge in [0.25, 0.3) is 0 Å². The molecule has 0 aliphatic rings. The van der Waals surface area contributed by atoms with Crippen molar-refractivity contribution in [1.29, 1.82) is 0 Å². The molecule has 0 aliphatic heterocycles. The molecule has 2 aromatic carbocycles. The van der Waals surface area contributed by atoms with E-state index in [9.17, 15) is 14.4 Å². The summed E-state index contributed by atoms with van der Waals surface area (Å²) in [6.07, 6.45) is -1.11. The fourth-order valence-electron chi connectivity index (χ4n) is 3.22. The van der Waals surface area contributed by atoms with E-state index in [0.717, 1.165) is 0 Å². The predicted molar refractivity (Wildman–Crippen MR) is 121 cm³/mol. The number of aromatic nitrogens is 2. The zero-order valence-corrected chi connectivity index (χ0v) is 19.1. The molecular weight excluding hydrogens is 444 g/mol. The Morgan fingerprint density at radius 1 is 1.00 bits per heavy atom. The number of aliphatic carboxylic acids is 1. The highest BCUT2D eigenvalue weighted by atomic mass is 16.5. The molecule has 0 fully saturated rings. The molecule has 1 aromatic heterocycles. The van der Waals surface area contributed by atoms with Crippen molar-refractivity contribution >= 4 is 17.9 Å². The van der Waals surface area contributed by atoms with Crippen LogP contribution in [0, 0.1) is 0 Å². The minimum Gasteiger partial charge on any atom is -0.490 e. The van der Waals surface area contributed by atoms with Crippen LogP contribution in [0.1, 0.15) is 34.7 Å². The first kappa shape index (κ1) is 24.3. The third-order valence-electron chi connectivity index (χ3n) is 4.82. The summed E-state index contributed by atoms with van der Waals surface area (Å²) in [4.78, 5) is 36.7. The lowest BCUT2D eigenvalue weighted by Gasteiger charge is -2.15. The number of carbonyl (C=O) groups excluding carboxylic acids is 2. The molecule has 10 nitrogen and oxygen atoms in total. The van der Waals surface area contributed by atoms with Crippen molar-refractivity contribution in [3.8, 4) is 28.4 Å². The van der Waals surface area contributed by atoms with Crippen LogP contribution in [-0.2, 0) is 14.3 Å². The van der Waals surface area contributed by atoms with E-state index in [2.05, 4.69) is 5.10 Å². The van der Waals surface area contributed by atoms with Crippen LogP contribution in [0.4, 0.5) is 0 Å². The summed E-state index contributed by atoms with van der Waals surface area (Å²) in [5.41, 5.74) is 0.898. The number of hydrogen-bond acceptors (Lipinski definition) is 8. The molecule has 0 radical (unpaired) electrons. The predicted octanol–water partition coefficient (Wildman–Crippen LogP) is 3.36. The second kappa shape index (κ2) is 10.5. The monoisotopic (exact) mass is 468 g/mol. The highest BCUT2D eigenvalue weighted by molar-refractivity contribution is 6.06. The minimum atomic E-state index is -1.14. The van der Waals surface area contributed by atoms with Gasteiger partial charge in [0.2, 0.25) is 0 Å². The lowest BCUT2D eigenvalue weighted by Crippen LogP contribution is -2.23. The van der Waals surface area contributed by atoms with Crippen molar-refractivity contribution < 1.29 is 38.4 Å². The Hall–Kier alpha value is -4.34. The second-order valence-electron chi connectivity index (χ2n) is 7.00. The third kappa shape index (κ3) is 4.85. The molecule has 1 atom stereocenters. The molecule has 0 saturated heterocycles. The maximum absolute atomic E-state index is 12.8. The Morgan fingerprint density at radius 3 is 2.26 bits per heavy atom. The molecule has 1 N–H and O–H groups in total. The van der Waals surface area contributed by atoms with Crippen LogP contribution in [0.2, 0.25) is 0 Å². The summed E-state index contributed by atoms with van der Waals surface area (Å²) in [7, 11) is 2.40. The number of hydrogen-bond donors (Lipinski definition) is 1. The summed E-state index contributed by atoms with van der Waals surface area (Å²) in [6, 6.07) is 13.4. The summed E-state index contributed by atoms with van der Waals surface area (Å²) >= 11 is 0. The molecule has 10 heteroatoms. The minimum absolute atomic E-state index is 0.0896. The molecule has 0 amide bonds. The van der Waals surface area contributed by atoms with Crippen molar-refractivity contribution in [2.75, 3.05) is 20.8 Å². The van der Waals surface area contributed by atoms with Crippen LogP contribution in [0.25, 0.3) is 16.9 Å². The van der Waals surface area contributed by atoms with Gasteiger partial charge in [0.1, 0.15) is 11.3 Å². The van der Waals surface area contributed by atoms with Crippen molar-refractivity contribution in [3.05, 3.63) is 59.8 Å². The fraction of sp³-hybridized carbons (Fsp3) is 0.250. The lowest BCUT2D eigenvalue weighted by atomic mass is 10.0. The number of methoxy groups -OCH3 is 2. The lowest BCUT2D eigenvalue weighted by molar-refractivity contribution is -0.144. The third-order valence-corrected chi connectivity index (χ3v) is 4.82. The van der Waals surface area contributed by atoms with Gasteiger partial charge in [-0.05, 0) is 44.2 Å². The van der Waals surface area contributed by atoms with Gasteiger partial charge in [0, 0.05) is 5.56 Å². The van der Waals surface area contributed by atoms with E-state index in [1.54, 1.807) is 49.4 Å². The van der Waals surface area contributed by atoms with E-state index in [-0.39, 0.29) is 35.1 Å². The van der Waals surface area contributed by atoms with E-state index in [0.29, 0.717) is 11.3 Å². The van der Waals surface area contributed by atoms with Gasteiger partial charge in [-0.1, -0.05) is 18.2 Å². The van der Waals surface area contributed by atoms with E-state index in [1.165, 1.54) is 31.9 Å². The Kier molecular flexibility index (Phi) is 7.52. The van der Waals surface area contributed by atoms with Crippen molar-refractivity contribution in [2.45, 2.75) is 20.0 Å². The van der Waals surface area contributed by atoms with Gasteiger partial charge in [-0.15, -0.1) is 0 Å². The largest absolute Gasteiger partial charge is 0.490 e. The zero-order valence-electron chi connectivity index (χ0n) is 19.1. The Balaban J connectivity index is 2.25. The molecule has 0 saturated carbocycles. The Labute approximate surface area is 195 Å². The van der Waals surface area contributed by atoms with Crippen LogP contribution >= 0.6 is 0 Å². The standard InChI is InChI=1S/C24H24N2O8/c1-5-33-18-13-15(11-12-17(18)34-14(2)22(27)28)20-19(23(29)31-3)21(24(30)32-4)26(25-20)16-9-7-6-8-10-16/h6-14H,5H2,1-4H3,(H,27,28). The summed E-state index contributed by atoms with van der Waals surface area (Å²) in [5.74, 6) is -2.24. The summed E-state index contributed by atoms with van der Waals surface area (Å²) in [5, 5.41) is 13.7. The molecule has 0 aliphatic carbocycles. The second-order valence-corrected chi connectivity index (χ2v) is 7.00. The van der Waals surface area contributed by atoms with Gasteiger partial charge in [0.05, 0.1) is 26.5 Å². The topological polar surface area (TPSA) is 126 Å². The van der Waals surface area contributed by atoms with E-state index >= 15 is 0 Å². The first-order valence-corrected chi connectivity index (χ1v) is 10.3. The van der Waals surface area contributed by atoms with Crippen LogP contribution < -0.4 is 9.47 Å².